The van der Waals surface area contributed by atoms with Crippen molar-refractivity contribution in [1.82, 2.24) is 0 Å². The van der Waals surface area contributed by atoms with Gasteiger partial charge in [-0.05, 0) is 29.7 Å². The Labute approximate surface area is 141 Å². The van der Waals surface area contributed by atoms with Crippen molar-refractivity contribution in [3.8, 4) is 0 Å². The van der Waals surface area contributed by atoms with Crippen LogP contribution in [-0.2, 0) is 21.1 Å². The molecule has 24 heavy (non-hydrogen) atoms. The second kappa shape index (κ2) is 5.72. The standard InChI is InChI=1S/C18H19NO4S/c1-2-12-8-10-13(11-9-12)15-16(18(15,19)17(20)21)24(22,23)14-6-4-3-5-7-14/h3-11,15-16H,2,19H2,1H3,(H,20,21)/t15-,16-,18+/m0/s1. The number of rotatable bonds is 5. The number of hydrogen-bond donors (Lipinski definition) is 2. The van der Waals surface area contributed by atoms with Crippen LogP contribution in [0.1, 0.15) is 24.0 Å². The quantitative estimate of drug-likeness (QED) is 0.863. The van der Waals surface area contributed by atoms with Crippen LogP contribution >= 0.6 is 0 Å². The van der Waals surface area contributed by atoms with Gasteiger partial charge in [0, 0.05) is 5.92 Å². The first-order valence-corrected chi connectivity index (χ1v) is 9.28. The number of carboxylic acids is 1. The van der Waals surface area contributed by atoms with Crippen LogP contribution in [0, 0.1) is 0 Å². The lowest BCUT2D eigenvalue weighted by Crippen LogP contribution is -2.39. The summed E-state index contributed by atoms with van der Waals surface area (Å²) < 4.78 is 25.8. The number of carbonyl (C=O) groups is 1. The van der Waals surface area contributed by atoms with Crippen LogP contribution in [0.5, 0.6) is 0 Å². The lowest BCUT2D eigenvalue weighted by atomic mass is 10.0. The van der Waals surface area contributed by atoms with E-state index in [4.69, 9.17) is 5.73 Å². The summed E-state index contributed by atoms with van der Waals surface area (Å²) in [6, 6.07) is 15.2. The fourth-order valence-corrected chi connectivity index (χ4v) is 5.49. The topological polar surface area (TPSA) is 97.5 Å². The highest BCUT2D eigenvalue weighted by Gasteiger charge is 2.74. The molecular weight excluding hydrogens is 326 g/mol. The molecule has 3 rings (SSSR count). The first-order valence-electron chi connectivity index (χ1n) is 7.73. The maximum atomic E-state index is 12.9. The molecule has 5 nitrogen and oxygen atoms in total. The molecule has 1 fully saturated rings. The molecule has 3 N–H and O–H groups in total. The summed E-state index contributed by atoms with van der Waals surface area (Å²) in [7, 11) is -3.84. The van der Waals surface area contributed by atoms with E-state index in [0.29, 0.717) is 5.56 Å². The van der Waals surface area contributed by atoms with Crippen LogP contribution in [-0.4, -0.2) is 30.3 Å². The Morgan fingerprint density at radius 3 is 2.21 bits per heavy atom. The first kappa shape index (κ1) is 16.7. The van der Waals surface area contributed by atoms with E-state index >= 15 is 0 Å². The van der Waals surface area contributed by atoms with E-state index in [9.17, 15) is 18.3 Å². The molecule has 1 aliphatic rings. The molecule has 1 saturated carbocycles. The van der Waals surface area contributed by atoms with Gasteiger partial charge in [0.2, 0.25) is 0 Å². The summed E-state index contributed by atoms with van der Waals surface area (Å²) in [6.07, 6.45) is 0.851. The second-order valence-electron chi connectivity index (χ2n) is 6.09. The van der Waals surface area contributed by atoms with Crippen LogP contribution < -0.4 is 5.73 Å². The average molecular weight is 345 g/mol. The Bertz CT molecular complexity index is 862. The largest absolute Gasteiger partial charge is 0.480 e. The van der Waals surface area contributed by atoms with E-state index in [1.165, 1.54) is 12.1 Å². The van der Waals surface area contributed by atoms with Crippen LogP contribution in [0.4, 0.5) is 0 Å². The maximum absolute atomic E-state index is 12.9. The number of carboxylic acid groups (broad SMARTS) is 1. The molecule has 1 aliphatic carbocycles. The number of nitrogens with two attached hydrogens (primary N) is 1. The van der Waals surface area contributed by atoms with E-state index in [0.717, 1.165) is 12.0 Å². The fraction of sp³-hybridized carbons (Fsp3) is 0.278. The van der Waals surface area contributed by atoms with E-state index in [1.54, 1.807) is 30.3 Å². The molecule has 2 aromatic carbocycles. The molecule has 126 valence electrons. The molecular formula is C18H19NO4S. The molecule has 0 radical (unpaired) electrons. The van der Waals surface area contributed by atoms with Gasteiger partial charge >= 0.3 is 5.97 Å². The molecule has 0 saturated heterocycles. The van der Waals surface area contributed by atoms with E-state index < -0.39 is 32.5 Å². The predicted molar refractivity (Wildman–Crippen MR) is 90.5 cm³/mol. The van der Waals surface area contributed by atoms with Gasteiger partial charge in [0.05, 0.1) is 4.90 Å². The monoisotopic (exact) mass is 345 g/mol. The SMILES string of the molecule is CCc1ccc([C@H]2[C@H](S(=O)(=O)c3ccccc3)[C@@]2(N)C(=O)O)cc1. The van der Waals surface area contributed by atoms with Gasteiger partial charge in [-0.2, -0.15) is 0 Å². The van der Waals surface area contributed by atoms with E-state index in [2.05, 4.69) is 0 Å². The molecule has 3 atom stereocenters. The first-order chi connectivity index (χ1) is 11.3. The minimum atomic E-state index is -3.84. The summed E-state index contributed by atoms with van der Waals surface area (Å²) in [5, 5.41) is 8.37. The van der Waals surface area contributed by atoms with Crippen LogP contribution in [0.3, 0.4) is 0 Å². The zero-order valence-corrected chi connectivity index (χ0v) is 14.0. The minimum Gasteiger partial charge on any atom is -0.480 e. The van der Waals surface area contributed by atoms with Crippen molar-refractivity contribution in [2.24, 2.45) is 5.73 Å². The third-order valence-electron chi connectivity index (χ3n) is 4.70. The maximum Gasteiger partial charge on any atom is 0.325 e. The van der Waals surface area contributed by atoms with Gasteiger partial charge in [0.25, 0.3) is 0 Å². The smallest absolute Gasteiger partial charge is 0.325 e. The van der Waals surface area contributed by atoms with E-state index in [1.807, 2.05) is 19.1 Å². The van der Waals surface area contributed by atoms with Gasteiger partial charge in [-0.25, -0.2) is 8.42 Å². The van der Waals surface area contributed by atoms with Gasteiger partial charge in [0.15, 0.2) is 9.84 Å². The molecule has 0 heterocycles. The Morgan fingerprint density at radius 1 is 1.12 bits per heavy atom. The van der Waals surface area contributed by atoms with Crippen molar-refractivity contribution < 1.29 is 18.3 Å². The van der Waals surface area contributed by atoms with Crippen LogP contribution in [0.2, 0.25) is 0 Å². The normalized spacial score (nSPS) is 26.1. The summed E-state index contributed by atoms with van der Waals surface area (Å²) in [5.41, 5.74) is 5.96. The predicted octanol–water partition coefficient (Wildman–Crippen LogP) is 1.97. The number of aryl methyl sites for hydroxylation is 1. The van der Waals surface area contributed by atoms with Crippen molar-refractivity contribution in [3.05, 3.63) is 65.7 Å². The van der Waals surface area contributed by atoms with Crippen molar-refractivity contribution in [2.75, 3.05) is 0 Å². The zero-order valence-electron chi connectivity index (χ0n) is 13.2. The molecule has 0 aromatic heterocycles. The highest BCUT2D eigenvalue weighted by molar-refractivity contribution is 7.92. The molecule has 0 aliphatic heterocycles. The Balaban J connectivity index is 2.04. The Morgan fingerprint density at radius 2 is 1.71 bits per heavy atom. The highest BCUT2D eigenvalue weighted by Crippen LogP contribution is 2.55. The third-order valence-corrected chi connectivity index (χ3v) is 6.96. The highest BCUT2D eigenvalue weighted by atomic mass is 32.2. The summed E-state index contributed by atoms with van der Waals surface area (Å²) in [6.45, 7) is 2.01. The Kier molecular flexibility index (Phi) is 3.97. The molecule has 0 amide bonds. The number of hydrogen-bond acceptors (Lipinski definition) is 4. The summed E-state index contributed by atoms with van der Waals surface area (Å²) >= 11 is 0. The minimum absolute atomic E-state index is 0.0961. The van der Waals surface area contributed by atoms with Crippen LogP contribution in [0.25, 0.3) is 0 Å². The van der Waals surface area contributed by atoms with Gasteiger partial charge in [-0.1, -0.05) is 49.4 Å². The molecule has 2 aromatic rings. The number of aliphatic carboxylic acids is 1. The lowest BCUT2D eigenvalue weighted by molar-refractivity contribution is -0.139. The molecule has 0 spiro atoms. The van der Waals surface area contributed by atoms with Crippen molar-refractivity contribution >= 4 is 15.8 Å². The number of sulfone groups is 1. The van der Waals surface area contributed by atoms with Gasteiger partial charge in [-0.15, -0.1) is 0 Å². The van der Waals surface area contributed by atoms with Gasteiger partial charge in [-0.3, -0.25) is 4.79 Å². The van der Waals surface area contributed by atoms with Crippen molar-refractivity contribution in [3.63, 3.8) is 0 Å². The molecule has 0 bridgehead atoms. The van der Waals surface area contributed by atoms with Crippen LogP contribution in [0.15, 0.2) is 59.5 Å². The zero-order chi connectivity index (χ0) is 17.5. The van der Waals surface area contributed by atoms with Crippen molar-refractivity contribution in [1.29, 1.82) is 0 Å². The Hall–Kier alpha value is -2.18. The van der Waals surface area contributed by atoms with Crippen molar-refractivity contribution in [2.45, 2.75) is 34.9 Å². The fourth-order valence-electron chi connectivity index (χ4n) is 3.23. The second-order valence-corrected chi connectivity index (χ2v) is 8.16. The molecule has 0 unspecified atom stereocenters. The summed E-state index contributed by atoms with van der Waals surface area (Å²) in [4.78, 5) is 11.8. The average Bonchev–Trinajstić information content (AvgIpc) is 3.24. The molecule has 6 heteroatoms. The third kappa shape index (κ3) is 2.42. The van der Waals surface area contributed by atoms with Gasteiger partial charge in [0.1, 0.15) is 10.8 Å². The number of benzene rings is 2. The van der Waals surface area contributed by atoms with E-state index in [-0.39, 0.29) is 4.90 Å². The lowest BCUT2D eigenvalue weighted by Gasteiger charge is -2.06. The van der Waals surface area contributed by atoms with Gasteiger partial charge < -0.3 is 10.8 Å². The summed E-state index contributed by atoms with van der Waals surface area (Å²) in [5.74, 6) is -2.05.